The Hall–Kier alpha value is -3.36. The minimum absolute atomic E-state index is 0.474. The zero-order valence-corrected chi connectivity index (χ0v) is 19.2. The first kappa shape index (κ1) is 21.5. The van der Waals surface area contributed by atoms with Gasteiger partial charge in [0, 0.05) is 42.3 Å². The quantitative estimate of drug-likeness (QED) is 0.453. The van der Waals surface area contributed by atoms with E-state index in [1.54, 1.807) is 7.11 Å². The number of methoxy groups -OCH3 is 1. The smallest absolute Gasteiger partial charge is 0.230 e. The van der Waals surface area contributed by atoms with Crippen LogP contribution in [-0.4, -0.2) is 66.4 Å². The number of ether oxygens (including phenoxy) is 4. The molecule has 8 heteroatoms. The fourth-order valence-electron chi connectivity index (χ4n) is 4.12. The Morgan fingerprint density at radius 1 is 1.03 bits per heavy atom. The van der Waals surface area contributed by atoms with Crippen molar-refractivity contribution >= 4 is 21.8 Å². The van der Waals surface area contributed by atoms with Gasteiger partial charge in [-0.05, 0) is 43.7 Å². The van der Waals surface area contributed by atoms with E-state index >= 15 is 0 Å². The highest BCUT2D eigenvalue weighted by molar-refractivity contribution is 5.88. The molecular formula is C25H28N4O4. The third kappa shape index (κ3) is 4.44. The zero-order valence-electron chi connectivity index (χ0n) is 19.2. The molecule has 2 aromatic carbocycles. The van der Waals surface area contributed by atoms with Crippen LogP contribution in [0.1, 0.15) is 11.3 Å². The SMILES string of the molecule is COc1cc2c(Oc3ccc4[nH]c(C)c(C)c4c3)ncnc2cc1OCCN1CCOCC1. The van der Waals surface area contributed by atoms with Gasteiger partial charge in [-0.1, -0.05) is 0 Å². The molecule has 2 aromatic heterocycles. The third-order valence-corrected chi connectivity index (χ3v) is 6.15. The molecule has 5 rings (SSSR count). The lowest BCUT2D eigenvalue weighted by Gasteiger charge is -2.26. The van der Waals surface area contributed by atoms with Crippen LogP contribution in [0.4, 0.5) is 0 Å². The average Bonchev–Trinajstić information content (AvgIpc) is 3.12. The Balaban J connectivity index is 1.39. The van der Waals surface area contributed by atoms with Crippen molar-refractivity contribution < 1.29 is 18.9 Å². The van der Waals surface area contributed by atoms with Gasteiger partial charge in [0.05, 0.1) is 31.2 Å². The van der Waals surface area contributed by atoms with Gasteiger partial charge in [-0.2, -0.15) is 0 Å². The van der Waals surface area contributed by atoms with Crippen LogP contribution in [0, 0.1) is 13.8 Å². The molecule has 172 valence electrons. The van der Waals surface area contributed by atoms with E-state index < -0.39 is 0 Å². The highest BCUT2D eigenvalue weighted by Crippen LogP contribution is 2.36. The number of benzene rings is 2. The van der Waals surface area contributed by atoms with Gasteiger partial charge in [0.15, 0.2) is 11.5 Å². The first-order chi connectivity index (χ1) is 16.1. The number of aromatic amines is 1. The molecule has 8 nitrogen and oxygen atoms in total. The number of hydrogen-bond donors (Lipinski definition) is 1. The van der Waals surface area contributed by atoms with Crippen molar-refractivity contribution in [2.45, 2.75) is 13.8 Å². The molecular weight excluding hydrogens is 420 g/mol. The molecule has 0 bridgehead atoms. The molecule has 33 heavy (non-hydrogen) atoms. The molecule has 0 aliphatic carbocycles. The van der Waals surface area contributed by atoms with Crippen LogP contribution < -0.4 is 14.2 Å². The Morgan fingerprint density at radius 3 is 2.70 bits per heavy atom. The first-order valence-electron chi connectivity index (χ1n) is 11.1. The standard InChI is InChI=1S/C25H28N4O4/c1-16-17(2)28-21-5-4-18(12-19(16)21)33-25-20-13-23(30-3)24(14-22(20)26-15-27-25)32-11-8-29-6-9-31-10-7-29/h4-5,12-15,28H,6-11H2,1-3H3. The first-order valence-corrected chi connectivity index (χ1v) is 11.1. The number of aryl methyl sites for hydroxylation is 2. The second-order valence-electron chi connectivity index (χ2n) is 8.19. The predicted octanol–water partition coefficient (Wildman–Crippen LogP) is 4.24. The summed E-state index contributed by atoms with van der Waals surface area (Å²) in [5, 5.41) is 1.90. The van der Waals surface area contributed by atoms with Crippen LogP contribution in [0.15, 0.2) is 36.7 Å². The van der Waals surface area contributed by atoms with Crippen LogP contribution in [0.3, 0.4) is 0 Å². The fourth-order valence-corrected chi connectivity index (χ4v) is 4.12. The number of nitrogens with zero attached hydrogens (tertiary/aromatic N) is 3. The molecule has 4 aromatic rings. The van der Waals surface area contributed by atoms with Crippen molar-refractivity contribution in [2.24, 2.45) is 0 Å². The van der Waals surface area contributed by atoms with Gasteiger partial charge in [-0.15, -0.1) is 0 Å². The van der Waals surface area contributed by atoms with Crippen LogP contribution in [0.5, 0.6) is 23.1 Å². The van der Waals surface area contributed by atoms with Gasteiger partial charge in [-0.3, -0.25) is 4.90 Å². The summed E-state index contributed by atoms with van der Waals surface area (Å²) in [5.74, 6) is 2.47. The van der Waals surface area contributed by atoms with Crippen LogP contribution in [-0.2, 0) is 4.74 Å². The van der Waals surface area contributed by atoms with Gasteiger partial charge in [0.1, 0.15) is 18.7 Å². The molecule has 0 radical (unpaired) electrons. The van der Waals surface area contributed by atoms with Crippen molar-refractivity contribution in [1.29, 1.82) is 0 Å². The number of morpholine rings is 1. The summed E-state index contributed by atoms with van der Waals surface area (Å²) in [5.41, 5.74) is 4.19. The number of fused-ring (bicyclic) bond motifs is 2. The van der Waals surface area contributed by atoms with Gasteiger partial charge in [-0.25, -0.2) is 9.97 Å². The van der Waals surface area contributed by atoms with Crippen LogP contribution >= 0.6 is 0 Å². The number of nitrogens with one attached hydrogen (secondary N) is 1. The molecule has 1 saturated heterocycles. The Labute approximate surface area is 192 Å². The van der Waals surface area contributed by atoms with Gasteiger partial charge in [0.25, 0.3) is 0 Å². The molecule has 1 aliphatic rings. The Morgan fingerprint density at radius 2 is 1.88 bits per heavy atom. The summed E-state index contributed by atoms with van der Waals surface area (Å²) in [6.07, 6.45) is 1.51. The Kier molecular flexibility index (Phi) is 6.02. The lowest BCUT2D eigenvalue weighted by molar-refractivity contribution is 0.0321. The van der Waals surface area contributed by atoms with E-state index in [-0.39, 0.29) is 0 Å². The monoisotopic (exact) mass is 448 g/mol. The lowest BCUT2D eigenvalue weighted by atomic mass is 10.1. The molecule has 1 fully saturated rings. The topological polar surface area (TPSA) is 81.7 Å². The van der Waals surface area contributed by atoms with E-state index in [2.05, 4.69) is 33.7 Å². The minimum Gasteiger partial charge on any atom is -0.493 e. The molecule has 3 heterocycles. The maximum absolute atomic E-state index is 6.18. The van der Waals surface area contributed by atoms with Gasteiger partial charge in [0.2, 0.25) is 5.88 Å². The summed E-state index contributed by atoms with van der Waals surface area (Å²) in [7, 11) is 1.63. The second-order valence-corrected chi connectivity index (χ2v) is 8.19. The summed E-state index contributed by atoms with van der Waals surface area (Å²) in [4.78, 5) is 14.5. The maximum atomic E-state index is 6.18. The molecule has 1 aliphatic heterocycles. The molecule has 0 atom stereocenters. The number of aromatic nitrogens is 3. The predicted molar refractivity (Wildman–Crippen MR) is 127 cm³/mol. The maximum Gasteiger partial charge on any atom is 0.230 e. The minimum atomic E-state index is 0.474. The summed E-state index contributed by atoms with van der Waals surface area (Å²) >= 11 is 0. The van der Waals surface area contributed by atoms with E-state index in [1.165, 1.54) is 11.9 Å². The molecule has 0 spiro atoms. The Bertz CT molecular complexity index is 1280. The highest BCUT2D eigenvalue weighted by Gasteiger charge is 2.15. The van der Waals surface area contributed by atoms with E-state index in [9.17, 15) is 0 Å². The third-order valence-electron chi connectivity index (χ3n) is 6.15. The van der Waals surface area contributed by atoms with Crippen molar-refractivity contribution in [3.05, 3.63) is 47.9 Å². The molecule has 0 amide bonds. The van der Waals surface area contributed by atoms with Crippen molar-refractivity contribution in [3.8, 4) is 23.1 Å². The van der Waals surface area contributed by atoms with E-state index in [0.29, 0.717) is 24.0 Å². The summed E-state index contributed by atoms with van der Waals surface area (Å²) < 4.78 is 23.2. The van der Waals surface area contributed by atoms with E-state index in [0.717, 1.165) is 66.1 Å². The average molecular weight is 449 g/mol. The fraction of sp³-hybridized carbons (Fsp3) is 0.360. The van der Waals surface area contributed by atoms with Gasteiger partial charge >= 0.3 is 0 Å². The van der Waals surface area contributed by atoms with E-state index in [1.807, 2.05) is 30.3 Å². The van der Waals surface area contributed by atoms with Crippen LogP contribution in [0.25, 0.3) is 21.8 Å². The summed E-state index contributed by atoms with van der Waals surface area (Å²) in [6.45, 7) is 8.98. The van der Waals surface area contributed by atoms with Crippen molar-refractivity contribution in [3.63, 3.8) is 0 Å². The van der Waals surface area contributed by atoms with Crippen molar-refractivity contribution in [2.75, 3.05) is 46.6 Å². The molecule has 0 saturated carbocycles. The highest BCUT2D eigenvalue weighted by atomic mass is 16.5. The second kappa shape index (κ2) is 9.25. The molecule has 1 N–H and O–H groups in total. The normalized spacial score (nSPS) is 14.6. The van der Waals surface area contributed by atoms with Crippen LogP contribution in [0.2, 0.25) is 0 Å². The number of hydrogen-bond acceptors (Lipinski definition) is 7. The zero-order chi connectivity index (χ0) is 22.8. The summed E-state index contributed by atoms with van der Waals surface area (Å²) in [6, 6.07) is 9.74. The number of H-pyrrole nitrogens is 1. The van der Waals surface area contributed by atoms with E-state index in [4.69, 9.17) is 18.9 Å². The van der Waals surface area contributed by atoms with Crippen molar-refractivity contribution in [1.82, 2.24) is 19.9 Å². The largest absolute Gasteiger partial charge is 0.493 e. The van der Waals surface area contributed by atoms with Gasteiger partial charge < -0.3 is 23.9 Å². The molecule has 0 unspecified atom stereocenters. The number of rotatable bonds is 7. The lowest BCUT2D eigenvalue weighted by Crippen LogP contribution is -2.38.